The van der Waals surface area contributed by atoms with E-state index in [1.165, 1.54) is 12.1 Å². The number of carboxylic acid groups (broad SMARTS) is 1. The third-order valence-corrected chi connectivity index (χ3v) is 4.52. The maximum Gasteiger partial charge on any atom is 0.336 e. The van der Waals surface area contributed by atoms with Gasteiger partial charge in [-0.3, -0.25) is 10.1 Å². The van der Waals surface area contributed by atoms with Crippen LogP contribution in [0, 0.1) is 17.0 Å². The number of ether oxygens (including phenoxy) is 1. The Bertz CT molecular complexity index is 884. The van der Waals surface area contributed by atoms with Crippen LogP contribution in [0.1, 0.15) is 27.0 Å². The number of nitrogens with zero attached hydrogens (tertiary/aromatic N) is 2. The fraction of sp³-hybridized carbons (Fsp3) is 0.250. The number of aromatic carboxylic acids is 1. The smallest absolute Gasteiger partial charge is 0.336 e. The van der Waals surface area contributed by atoms with Gasteiger partial charge in [0.1, 0.15) is 0 Å². The van der Waals surface area contributed by atoms with E-state index in [0.29, 0.717) is 31.9 Å². The highest BCUT2D eigenvalue weighted by molar-refractivity contribution is 5.97. The normalized spacial score (nSPS) is 14.5. The quantitative estimate of drug-likeness (QED) is 0.492. The van der Waals surface area contributed by atoms with E-state index in [-0.39, 0.29) is 11.3 Å². The first-order valence-corrected chi connectivity index (χ1v) is 8.59. The Kier molecular flexibility index (Phi) is 5.52. The van der Waals surface area contributed by atoms with Crippen LogP contribution >= 0.6 is 0 Å². The van der Waals surface area contributed by atoms with E-state index in [1.807, 2.05) is 13.0 Å². The molecule has 7 nitrogen and oxygen atoms in total. The van der Waals surface area contributed by atoms with Crippen LogP contribution in [0.25, 0.3) is 12.2 Å². The lowest BCUT2D eigenvalue weighted by atomic mass is 9.98. The molecule has 1 fully saturated rings. The second kappa shape index (κ2) is 8.01. The molecule has 0 saturated carbocycles. The Morgan fingerprint density at radius 1 is 1.15 bits per heavy atom. The van der Waals surface area contributed by atoms with Gasteiger partial charge in [-0.2, -0.15) is 0 Å². The Hall–Kier alpha value is -3.19. The van der Waals surface area contributed by atoms with Crippen molar-refractivity contribution in [2.45, 2.75) is 6.92 Å². The van der Waals surface area contributed by atoms with Crippen LogP contribution in [0.4, 0.5) is 11.4 Å². The molecule has 7 heteroatoms. The van der Waals surface area contributed by atoms with Gasteiger partial charge in [-0.1, -0.05) is 18.2 Å². The number of nitro benzene ring substituents is 1. The Morgan fingerprint density at radius 3 is 2.41 bits per heavy atom. The van der Waals surface area contributed by atoms with Crippen molar-refractivity contribution in [2.75, 3.05) is 31.2 Å². The highest BCUT2D eigenvalue weighted by atomic mass is 16.6. The molecule has 0 amide bonds. The van der Waals surface area contributed by atoms with Crippen molar-refractivity contribution in [3.8, 4) is 0 Å². The van der Waals surface area contributed by atoms with Gasteiger partial charge in [0.15, 0.2) is 0 Å². The third kappa shape index (κ3) is 4.15. The van der Waals surface area contributed by atoms with Crippen molar-refractivity contribution in [3.05, 3.63) is 68.8 Å². The zero-order chi connectivity index (χ0) is 19.4. The van der Waals surface area contributed by atoms with Crippen molar-refractivity contribution in [3.63, 3.8) is 0 Å². The van der Waals surface area contributed by atoms with Gasteiger partial charge in [0, 0.05) is 36.5 Å². The number of benzene rings is 2. The van der Waals surface area contributed by atoms with E-state index in [4.69, 9.17) is 4.74 Å². The van der Waals surface area contributed by atoms with Gasteiger partial charge in [0.2, 0.25) is 0 Å². The third-order valence-electron chi connectivity index (χ3n) is 4.52. The molecule has 1 saturated heterocycles. The summed E-state index contributed by atoms with van der Waals surface area (Å²) in [7, 11) is 0. The van der Waals surface area contributed by atoms with Gasteiger partial charge in [-0.25, -0.2) is 4.79 Å². The fourth-order valence-electron chi connectivity index (χ4n) is 3.17. The minimum Gasteiger partial charge on any atom is -0.478 e. The van der Waals surface area contributed by atoms with Crippen LogP contribution in [0.15, 0.2) is 36.4 Å². The maximum absolute atomic E-state index is 11.7. The van der Waals surface area contributed by atoms with Gasteiger partial charge >= 0.3 is 5.97 Å². The topological polar surface area (TPSA) is 92.9 Å². The number of hydrogen-bond donors (Lipinski definition) is 1. The molecule has 0 aliphatic carbocycles. The monoisotopic (exact) mass is 368 g/mol. The number of nitro groups is 1. The van der Waals surface area contributed by atoms with Crippen molar-refractivity contribution < 1.29 is 19.6 Å². The zero-order valence-electron chi connectivity index (χ0n) is 14.9. The predicted molar refractivity (Wildman–Crippen MR) is 103 cm³/mol. The molecule has 1 heterocycles. The summed E-state index contributed by atoms with van der Waals surface area (Å²) in [4.78, 5) is 24.2. The van der Waals surface area contributed by atoms with Gasteiger partial charge in [-0.15, -0.1) is 0 Å². The SMILES string of the molecule is Cc1ccc(C(=O)O)c(C=Cc2ccc([N+](=O)[O-])cc2)c1N1CCOCC1. The molecule has 2 aromatic carbocycles. The molecule has 1 N–H and O–H groups in total. The molecule has 1 aliphatic rings. The molecular formula is C20H20N2O5. The molecule has 2 aromatic rings. The van der Waals surface area contributed by atoms with Crippen molar-refractivity contribution in [1.29, 1.82) is 0 Å². The van der Waals surface area contributed by atoms with Crippen molar-refractivity contribution in [2.24, 2.45) is 0 Å². The summed E-state index contributed by atoms with van der Waals surface area (Å²) in [6.45, 7) is 4.55. The first kappa shape index (κ1) is 18.6. The first-order valence-electron chi connectivity index (χ1n) is 8.59. The van der Waals surface area contributed by atoms with Crippen LogP contribution in [-0.2, 0) is 4.74 Å². The summed E-state index contributed by atoms with van der Waals surface area (Å²) in [6, 6.07) is 9.56. The number of non-ortho nitro benzene ring substituents is 1. The lowest BCUT2D eigenvalue weighted by molar-refractivity contribution is -0.384. The summed E-state index contributed by atoms with van der Waals surface area (Å²) >= 11 is 0. The lowest BCUT2D eigenvalue weighted by Gasteiger charge is -2.32. The van der Waals surface area contributed by atoms with Crippen LogP contribution in [0.2, 0.25) is 0 Å². The van der Waals surface area contributed by atoms with Crippen LogP contribution in [0.3, 0.4) is 0 Å². The number of rotatable bonds is 5. The molecule has 3 rings (SSSR count). The largest absolute Gasteiger partial charge is 0.478 e. The molecule has 0 radical (unpaired) electrons. The number of anilines is 1. The fourth-order valence-corrected chi connectivity index (χ4v) is 3.17. The van der Waals surface area contributed by atoms with E-state index >= 15 is 0 Å². The van der Waals surface area contributed by atoms with E-state index in [1.54, 1.807) is 30.4 Å². The van der Waals surface area contributed by atoms with Gasteiger partial charge in [-0.05, 0) is 36.2 Å². The highest BCUT2D eigenvalue weighted by Gasteiger charge is 2.20. The minimum atomic E-state index is -0.993. The molecule has 1 aliphatic heterocycles. The molecule has 0 unspecified atom stereocenters. The van der Waals surface area contributed by atoms with E-state index < -0.39 is 10.9 Å². The summed E-state index contributed by atoms with van der Waals surface area (Å²) in [5.74, 6) is -0.993. The number of carboxylic acids is 1. The summed E-state index contributed by atoms with van der Waals surface area (Å²) in [5.41, 5.74) is 3.50. The second-order valence-corrected chi connectivity index (χ2v) is 6.28. The maximum atomic E-state index is 11.7. The van der Waals surface area contributed by atoms with Crippen LogP contribution in [0.5, 0.6) is 0 Å². The lowest BCUT2D eigenvalue weighted by Crippen LogP contribution is -2.37. The Morgan fingerprint density at radius 2 is 1.81 bits per heavy atom. The van der Waals surface area contributed by atoms with E-state index in [2.05, 4.69) is 4.90 Å². The summed E-state index contributed by atoms with van der Waals surface area (Å²) < 4.78 is 5.41. The average molecular weight is 368 g/mol. The van der Waals surface area contributed by atoms with Gasteiger partial charge in [0.05, 0.1) is 23.7 Å². The first-order chi connectivity index (χ1) is 13.0. The zero-order valence-corrected chi connectivity index (χ0v) is 14.9. The Labute approximate surface area is 156 Å². The van der Waals surface area contributed by atoms with Crippen molar-refractivity contribution in [1.82, 2.24) is 0 Å². The minimum absolute atomic E-state index is 0.0166. The molecule has 0 bridgehead atoms. The summed E-state index contributed by atoms with van der Waals surface area (Å²) in [6.07, 6.45) is 3.54. The summed E-state index contributed by atoms with van der Waals surface area (Å²) in [5, 5.41) is 20.4. The molecule has 0 spiro atoms. The molecular weight excluding hydrogens is 348 g/mol. The predicted octanol–water partition coefficient (Wildman–Crippen LogP) is 3.61. The van der Waals surface area contributed by atoms with E-state index in [9.17, 15) is 20.0 Å². The standard InChI is InChI=1S/C20H20N2O5/c1-14-2-8-18(20(23)24)17(19(14)21-10-12-27-13-11-21)9-5-15-3-6-16(7-4-15)22(25)26/h2-9H,10-13H2,1H3,(H,23,24). The number of morpholine rings is 1. The molecule has 140 valence electrons. The van der Waals surface area contributed by atoms with Gasteiger partial charge < -0.3 is 14.7 Å². The number of hydrogen-bond acceptors (Lipinski definition) is 5. The number of carbonyl (C=O) groups is 1. The van der Waals surface area contributed by atoms with Crippen LogP contribution in [-0.4, -0.2) is 42.3 Å². The highest BCUT2D eigenvalue weighted by Crippen LogP contribution is 2.31. The van der Waals surface area contributed by atoms with Crippen LogP contribution < -0.4 is 4.90 Å². The Balaban J connectivity index is 2.02. The average Bonchev–Trinajstić information content (AvgIpc) is 2.67. The second-order valence-electron chi connectivity index (χ2n) is 6.28. The van der Waals surface area contributed by atoms with Crippen molar-refractivity contribution >= 4 is 29.5 Å². The molecule has 27 heavy (non-hydrogen) atoms. The molecule has 0 aromatic heterocycles. The molecule has 0 atom stereocenters. The number of aryl methyl sites for hydroxylation is 1. The van der Waals surface area contributed by atoms with E-state index in [0.717, 1.165) is 16.8 Å². The van der Waals surface area contributed by atoms with Gasteiger partial charge in [0.25, 0.3) is 5.69 Å².